The molecule has 3 nitrogen and oxygen atoms in total. The van der Waals surface area contributed by atoms with Crippen LogP contribution < -0.4 is 0 Å². The maximum Gasteiger partial charge on any atom is 0.257 e. The van der Waals surface area contributed by atoms with Crippen LogP contribution in [0.1, 0.15) is 22.3 Å². The van der Waals surface area contributed by atoms with Gasteiger partial charge < -0.3 is 0 Å². The molecule has 1 aliphatic rings. The lowest BCUT2D eigenvalue weighted by atomic mass is 10.2. The van der Waals surface area contributed by atoms with Crippen LogP contribution in [0.25, 0.3) is 0 Å². The first kappa shape index (κ1) is 22.1. The minimum atomic E-state index is -3.11. The van der Waals surface area contributed by atoms with Crippen LogP contribution in [0.5, 0.6) is 0 Å². The quantitative estimate of drug-likeness (QED) is 0.252. The minimum Gasteiger partial charge on any atom is -0.190 e. The summed E-state index contributed by atoms with van der Waals surface area (Å²) in [4.78, 5) is 0. The fourth-order valence-corrected chi connectivity index (χ4v) is 16.7. The van der Waals surface area contributed by atoms with E-state index in [0.29, 0.717) is 0 Å². The highest BCUT2D eigenvalue weighted by atomic mass is 35.9. The Morgan fingerprint density at radius 1 is 0.607 bits per heavy atom. The van der Waals surface area contributed by atoms with Gasteiger partial charge in [-0.25, -0.2) is 0 Å². The summed E-state index contributed by atoms with van der Waals surface area (Å²) in [6, 6.07) is 15.5. The third-order valence-corrected chi connectivity index (χ3v) is 14.7. The number of rotatable bonds is 0. The predicted molar refractivity (Wildman–Crippen MR) is 128 cm³/mol. The summed E-state index contributed by atoms with van der Waals surface area (Å²) >= 11 is 25.1. The Balaban J connectivity index is 2.18. The maximum absolute atomic E-state index is 6.28. The first-order valence-electron chi connectivity index (χ1n) is 7.97. The highest BCUT2D eigenvalue weighted by Crippen LogP contribution is 2.85. The van der Waals surface area contributed by atoms with Crippen molar-refractivity contribution in [2.75, 3.05) is 0 Å². The molecule has 0 aliphatic carbocycles. The van der Waals surface area contributed by atoms with Crippen molar-refractivity contribution in [1.82, 2.24) is 0 Å². The van der Waals surface area contributed by atoms with E-state index < -0.39 is 19.0 Å². The van der Waals surface area contributed by atoms with E-state index in [1.807, 2.05) is 62.4 Å². The van der Waals surface area contributed by atoms with Crippen LogP contribution in [-0.4, -0.2) is 0 Å². The molecule has 0 fully saturated rings. The number of hydrogen-bond donors (Lipinski definition) is 0. The maximum atomic E-state index is 6.28. The Hall–Kier alpha value is -0.590. The number of halogens is 4. The molecular weight excluding hydrogens is 493 g/mol. The van der Waals surface area contributed by atoms with Crippen LogP contribution in [0.4, 0.5) is 0 Å². The number of benzene rings is 2. The lowest BCUT2D eigenvalue weighted by Gasteiger charge is -2.18. The third kappa shape index (κ3) is 6.20. The average molecular weight is 507 g/mol. The SMILES string of the molecule is Cc1ccc(C#CP2(C#Cc3ccc(C)cc3)=NP(Cl)(Cl)=NP(Cl)(Cl)=N2)cc1. The fraction of sp³-hybridized carbons (Fsp3) is 0.111. The van der Waals surface area contributed by atoms with E-state index in [1.54, 1.807) is 0 Å². The summed E-state index contributed by atoms with van der Waals surface area (Å²) in [6.07, 6.45) is 0. The Kier molecular flexibility index (Phi) is 6.83. The van der Waals surface area contributed by atoms with Gasteiger partial charge in [-0.2, -0.15) is 13.5 Å². The predicted octanol–water partition coefficient (Wildman–Crippen LogP) is 9.60. The topological polar surface area (TPSA) is 37.1 Å². The number of aryl methyl sites for hydroxylation is 2. The van der Waals surface area contributed by atoms with Crippen molar-refractivity contribution in [3.63, 3.8) is 0 Å². The van der Waals surface area contributed by atoms with E-state index in [1.165, 1.54) is 0 Å². The van der Waals surface area contributed by atoms with Crippen molar-refractivity contribution in [2.45, 2.75) is 13.8 Å². The Labute approximate surface area is 184 Å². The zero-order valence-corrected chi connectivity index (χ0v) is 20.5. The molecule has 0 aromatic heterocycles. The van der Waals surface area contributed by atoms with E-state index >= 15 is 0 Å². The number of nitrogens with zero attached hydrogens (tertiary/aromatic N) is 3. The zero-order chi connectivity index (χ0) is 20.4. The molecule has 1 heterocycles. The molecule has 0 spiro atoms. The van der Waals surface area contributed by atoms with Crippen molar-refractivity contribution in [1.29, 1.82) is 0 Å². The largest absolute Gasteiger partial charge is 0.257 e. The lowest BCUT2D eigenvalue weighted by Crippen LogP contribution is -1.79. The van der Waals surface area contributed by atoms with Crippen LogP contribution in [-0.2, 0) is 0 Å². The normalized spacial score (nSPS) is 18.1. The lowest BCUT2D eigenvalue weighted by molar-refractivity contribution is 1.46. The molecule has 3 rings (SSSR count). The molecule has 0 N–H and O–H groups in total. The summed E-state index contributed by atoms with van der Waals surface area (Å²) in [6.45, 7) is 4.01. The van der Waals surface area contributed by atoms with Crippen LogP contribution in [0.3, 0.4) is 0 Å². The van der Waals surface area contributed by atoms with Gasteiger partial charge in [-0.3, -0.25) is 0 Å². The van der Waals surface area contributed by atoms with Crippen LogP contribution >= 0.6 is 64.0 Å². The molecule has 0 radical (unpaired) electrons. The van der Waals surface area contributed by atoms with Gasteiger partial charge in [0.15, 0.2) is 0 Å². The second-order valence-electron chi connectivity index (χ2n) is 5.99. The second-order valence-corrected chi connectivity index (χ2v) is 18.3. The molecule has 10 heteroatoms. The van der Waals surface area contributed by atoms with Crippen molar-refractivity contribution < 1.29 is 0 Å². The number of hydrogen-bond acceptors (Lipinski definition) is 3. The summed E-state index contributed by atoms with van der Waals surface area (Å²) in [5.74, 6) is -0.0705. The average Bonchev–Trinajstić information content (AvgIpc) is 2.58. The van der Waals surface area contributed by atoms with Crippen molar-refractivity contribution >= 4 is 64.0 Å². The van der Waals surface area contributed by atoms with E-state index in [4.69, 9.17) is 45.0 Å². The van der Waals surface area contributed by atoms with Gasteiger partial charge in [0.25, 0.3) is 11.8 Å². The smallest absolute Gasteiger partial charge is 0.190 e. The van der Waals surface area contributed by atoms with E-state index in [2.05, 4.69) is 36.7 Å². The summed E-state index contributed by atoms with van der Waals surface area (Å²) in [5, 5.41) is 0. The highest BCUT2D eigenvalue weighted by molar-refractivity contribution is 8.21. The standard InChI is InChI=1S/C18H14Cl4N3P3/c1-15-3-7-17(8-4-15)11-13-26(14-12-18-9-5-16(2)6-10-18)23-27(19,20)25-28(21,22)24-26/h3-10H,1-2H3. The van der Waals surface area contributed by atoms with Crippen molar-refractivity contribution in [2.24, 2.45) is 13.5 Å². The molecule has 0 saturated carbocycles. The molecular formula is C18H14Cl4N3P3. The van der Waals surface area contributed by atoms with Gasteiger partial charge in [-0.15, -0.1) is 0 Å². The molecule has 28 heavy (non-hydrogen) atoms. The first-order chi connectivity index (χ1) is 13.1. The first-order valence-corrected chi connectivity index (χ1v) is 16.7. The highest BCUT2D eigenvalue weighted by Gasteiger charge is 2.31. The summed E-state index contributed by atoms with van der Waals surface area (Å²) in [7, 11) is -2.98. The van der Waals surface area contributed by atoms with Gasteiger partial charge in [0, 0.05) is 11.1 Å². The molecule has 0 atom stereocenters. The molecule has 144 valence electrons. The molecule has 2 aromatic carbocycles. The van der Waals surface area contributed by atoms with Crippen LogP contribution in [0, 0.1) is 37.0 Å². The Bertz CT molecular complexity index is 1120. The molecule has 0 bridgehead atoms. The Morgan fingerprint density at radius 2 is 1.00 bits per heavy atom. The van der Waals surface area contributed by atoms with Gasteiger partial charge in [-0.05, 0) is 94.4 Å². The molecule has 2 aromatic rings. The van der Waals surface area contributed by atoms with Gasteiger partial charge in [0.2, 0.25) is 7.21 Å². The minimum absolute atomic E-state index is 0.802. The molecule has 0 unspecified atom stereocenters. The van der Waals surface area contributed by atoms with Gasteiger partial charge in [0.05, 0.1) is 0 Å². The third-order valence-electron chi connectivity index (χ3n) is 3.50. The molecule has 0 amide bonds. The van der Waals surface area contributed by atoms with Gasteiger partial charge in [0.1, 0.15) is 0 Å². The summed E-state index contributed by atoms with van der Waals surface area (Å²) in [5.41, 5.74) is 10.0. The van der Waals surface area contributed by atoms with E-state index in [0.717, 1.165) is 22.3 Å². The van der Waals surface area contributed by atoms with Crippen LogP contribution in [0.15, 0.2) is 62.1 Å². The van der Waals surface area contributed by atoms with Crippen molar-refractivity contribution in [3.8, 4) is 23.2 Å². The Morgan fingerprint density at radius 3 is 1.39 bits per heavy atom. The monoisotopic (exact) mass is 505 g/mol. The molecule has 1 aliphatic heterocycles. The van der Waals surface area contributed by atoms with Crippen LogP contribution in [0.2, 0.25) is 0 Å². The van der Waals surface area contributed by atoms with Gasteiger partial charge >= 0.3 is 0 Å². The molecule has 0 saturated heterocycles. The van der Waals surface area contributed by atoms with Crippen molar-refractivity contribution in [3.05, 3.63) is 70.8 Å². The second kappa shape index (κ2) is 8.65. The van der Waals surface area contributed by atoms with E-state index in [9.17, 15) is 0 Å². The van der Waals surface area contributed by atoms with E-state index in [-0.39, 0.29) is 0 Å². The fourth-order valence-electron chi connectivity index (χ4n) is 2.17. The summed E-state index contributed by atoms with van der Waals surface area (Å²) < 4.78 is 12.9. The van der Waals surface area contributed by atoms with Gasteiger partial charge in [-0.1, -0.05) is 47.2 Å². The zero-order valence-electron chi connectivity index (χ0n) is 14.8.